The summed E-state index contributed by atoms with van der Waals surface area (Å²) in [6.45, 7) is 4.13. The van der Waals surface area contributed by atoms with Crippen LogP contribution < -0.4 is 5.32 Å². The fraction of sp³-hybridized carbons (Fsp3) is 0.333. The van der Waals surface area contributed by atoms with Crippen LogP contribution in [-0.2, 0) is 11.2 Å². The Balaban J connectivity index is 1.36. The smallest absolute Gasteiger partial charge is 0.251 e. The summed E-state index contributed by atoms with van der Waals surface area (Å²) in [6.07, 6.45) is 0.380. The molecule has 1 aliphatic heterocycles. The molecule has 2 amide bonds. The molecule has 1 saturated heterocycles. The maximum absolute atomic E-state index is 12.9. The maximum Gasteiger partial charge on any atom is 0.251 e. The molecule has 0 aromatic heterocycles. The first-order valence-electron chi connectivity index (χ1n) is 9.29. The molecule has 2 aromatic carbocycles. The quantitative estimate of drug-likeness (QED) is 0.806. The first kappa shape index (κ1) is 20.3. The number of nitrogens with one attached hydrogen (secondary N) is 1. The normalized spacial score (nSPS) is 14.7. The van der Waals surface area contributed by atoms with Gasteiger partial charge in [-0.3, -0.25) is 14.5 Å². The van der Waals surface area contributed by atoms with Crippen molar-refractivity contribution < 1.29 is 14.0 Å². The van der Waals surface area contributed by atoms with Gasteiger partial charge in [-0.15, -0.1) is 0 Å². The van der Waals surface area contributed by atoms with E-state index in [9.17, 15) is 14.0 Å². The number of piperazine rings is 1. The Morgan fingerprint density at radius 3 is 2.25 bits per heavy atom. The van der Waals surface area contributed by atoms with Crippen LogP contribution in [0.25, 0.3) is 0 Å². The van der Waals surface area contributed by atoms with Gasteiger partial charge < -0.3 is 10.2 Å². The fourth-order valence-electron chi connectivity index (χ4n) is 3.14. The summed E-state index contributed by atoms with van der Waals surface area (Å²) in [5.74, 6) is -0.455. The highest BCUT2D eigenvalue weighted by Gasteiger charge is 2.21. The summed E-state index contributed by atoms with van der Waals surface area (Å²) in [5.41, 5.74) is 1.40. The Morgan fingerprint density at radius 1 is 0.964 bits per heavy atom. The van der Waals surface area contributed by atoms with Crippen molar-refractivity contribution in [3.05, 3.63) is 70.5 Å². The van der Waals surface area contributed by atoms with Gasteiger partial charge in [0, 0.05) is 49.9 Å². The SMILES string of the molecule is O=C(NCCN1CCN(C(=O)Cc2ccc(Cl)cc2)CC1)c1ccc(F)cc1. The van der Waals surface area contributed by atoms with Gasteiger partial charge in [0.15, 0.2) is 0 Å². The van der Waals surface area contributed by atoms with Crippen molar-refractivity contribution in [3.63, 3.8) is 0 Å². The van der Waals surface area contributed by atoms with Gasteiger partial charge in [0.05, 0.1) is 6.42 Å². The van der Waals surface area contributed by atoms with Crippen LogP contribution in [0.1, 0.15) is 15.9 Å². The predicted octanol–water partition coefficient (Wildman–Crippen LogP) is 2.60. The van der Waals surface area contributed by atoms with Crippen molar-refractivity contribution in [2.45, 2.75) is 6.42 Å². The molecule has 1 fully saturated rings. The average Bonchev–Trinajstić information content (AvgIpc) is 2.70. The molecular weight excluding hydrogens is 381 g/mol. The monoisotopic (exact) mass is 403 g/mol. The van der Waals surface area contributed by atoms with Crippen LogP contribution >= 0.6 is 11.6 Å². The second-order valence-corrected chi connectivity index (χ2v) is 7.22. The van der Waals surface area contributed by atoms with E-state index in [0.717, 1.165) is 18.7 Å². The number of benzene rings is 2. The molecule has 5 nitrogen and oxygen atoms in total. The van der Waals surface area contributed by atoms with Crippen molar-refractivity contribution in [3.8, 4) is 0 Å². The van der Waals surface area contributed by atoms with E-state index < -0.39 is 0 Å². The fourth-order valence-corrected chi connectivity index (χ4v) is 3.27. The molecule has 0 bridgehead atoms. The highest BCUT2D eigenvalue weighted by Crippen LogP contribution is 2.12. The first-order chi connectivity index (χ1) is 13.5. The standard InChI is InChI=1S/C21H23ClFN3O2/c22-18-5-1-16(2-6-18)15-20(27)26-13-11-25(12-14-26)10-9-24-21(28)17-3-7-19(23)8-4-17/h1-8H,9-15H2,(H,24,28). The summed E-state index contributed by atoms with van der Waals surface area (Å²) in [4.78, 5) is 28.6. The summed E-state index contributed by atoms with van der Waals surface area (Å²) < 4.78 is 12.9. The number of hydrogen-bond acceptors (Lipinski definition) is 3. The van der Waals surface area contributed by atoms with Crippen LogP contribution in [0.15, 0.2) is 48.5 Å². The second kappa shape index (κ2) is 9.66. The lowest BCUT2D eigenvalue weighted by molar-refractivity contribution is -0.132. The zero-order chi connectivity index (χ0) is 19.9. The number of rotatable bonds is 6. The molecule has 0 spiro atoms. The molecule has 1 aliphatic rings. The third-order valence-corrected chi connectivity index (χ3v) is 5.07. The van der Waals surface area contributed by atoms with E-state index >= 15 is 0 Å². The molecule has 0 radical (unpaired) electrons. The molecule has 2 aromatic rings. The summed E-state index contributed by atoms with van der Waals surface area (Å²) in [6, 6.07) is 12.8. The van der Waals surface area contributed by atoms with Crippen molar-refractivity contribution in [1.29, 1.82) is 0 Å². The largest absolute Gasteiger partial charge is 0.351 e. The van der Waals surface area contributed by atoms with Crippen LogP contribution in [0.2, 0.25) is 5.02 Å². The minimum atomic E-state index is -0.361. The van der Waals surface area contributed by atoms with Gasteiger partial charge in [-0.25, -0.2) is 4.39 Å². The van der Waals surface area contributed by atoms with Crippen LogP contribution in [0.4, 0.5) is 4.39 Å². The molecule has 0 saturated carbocycles. The average molecular weight is 404 g/mol. The molecule has 7 heteroatoms. The minimum Gasteiger partial charge on any atom is -0.351 e. The zero-order valence-electron chi connectivity index (χ0n) is 15.5. The van der Waals surface area contributed by atoms with E-state index in [1.165, 1.54) is 24.3 Å². The molecule has 0 unspecified atom stereocenters. The summed E-state index contributed by atoms with van der Waals surface area (Å²) >= 11 is 5.87. The molecule has 1 N–H and O–H groups in total. The highest BCUT2D eigenvalue weighted by atomic mass is 35.5. The molecule has 1 heterocycles. The summed E-state index contributed by atoms with van der Waals surface area (Å²) in [5, 5.41) is 3.51. The van der Waals surface area contributed by atoms with Gasteiger partial charge in [0.2, 0.25) is 5.91 Å². The van der Waals surface area contributed by atoms with Gasteiger partial charge >= 0.3 is 0 Å². The predicted molar refractivity (Wildman–Crippen MR) is 107 cm³/mol. The minimum absolute atomic E-state index is 0.117. The van der Waals surface area contributed by atoms with Gasteiger partial charge in [0.1, 0.15) is 5.82 Å². The Kier molecular flexibility index (Phi) is 7.01. The van der Waals surface area contributed by atoms with Crippen molar-refractivity contribution in [2.75, 3.05) is 39.3 Å². The third-order valence-electron chi connectivity index (χ3n) is 4.81. The summed E-state index contributed by atoms with van der Waals surface area (Å²) in [7, 11) is 0. The molecular formula is C21H23ClFN3O2. The first-order valence-corrected chi connectivity index (χ1v) is 9.67. The van der Waals surface area contributed by atoms with Crippen LogP contribution in [0, 0.1) is 5.82 Å². The number of nitrogens with zero attached hydrogens (tertiary/aromatic N) is 2. The molecule has 3 rings (SSSR count). The lowest BCUT2D eigenvalue weighted by atomic mass is 10.1. The number of halogens is 2. The van der Waals surface area contributed by atoms with Crippen molar-refractivity contribution >= 4 is 23.4 Å². The van der Waals surface area contributed by atoms with E-state index in [2.05, 4.69) is 10.2 Å². The van der Waals surface area contributed by atoms with Crippen molar-refractivity contribution in [1.82, 2.24) is 15.1 Å². The van der Waals surface area contributed by atoms with Crippen LogP contribution in [0.3, 0.4) is 0 Å². The Labute approximate surface area is 169 Å². The molecule has 148 valence electrons. The lowest BCUT2D eigenvalue weighted by Gasteiger charge is -2.34. The number of hydrogen-bond donors (Lipinski definition) is 1. The van der Waals surface area contributed by atoms with Crippen LogP contribution in [0.5, 0.6) is 0 Å². The van der Waals surface area contributed by atoms with E-state index in [4.69, 9.17) is 11.6 Å². The van der Waals surface area contributed by atoms with Gasteiger partial charge in [-0.05, 0) is 42.0 Å². The zero-order valence-corrected chi connectivity index (χ0v) is 16.3. The Hall–Kier alpha value is -2.44. The number of carbonyl (C=O) groups excluding carboxylic acids is 2. The Bertz CT molecular complexity index is 803. The van der Waals surface area contributed by atoms with Crippen LogP contribution in [-0.4, -0.2) is 60.9 Å². The van der Waals surface area contributed by atoms with E-state index in [1.807, 2.05) is 17.0 Å². The van der Waals surface area contributed by atoms with Crippen molar-refractivity contribution in [2.24, 2.45) is 0 Å². The van der Waals surface area contributed by atoms with Gasteiger partial charge in [-0.1, -0.05) is 23.7 Å². The maximum atomic E-state index is 12.9. The van der Waals surface area contributed by atoms with E-state index in [1.54, 1.807) is 12.1 Å². The second-order valence-electron chi connectivity index (χ2n) is 6.79. The Morgan fingerprint density at radius 2 is 1.61 bits per heavy atom. The number of carbonyl (C=O) groups is 2. The van der Waals surface area contributed by atoms with Gasteiger partial charge in [0.25, 0.3) is 5.91 Å². The van der Waals surface area contributed by atoms with E-state index in [0.29, 0.717) is 43.2 Å². The van der Waals surface area contributed by atoms with Gasteiger partial charge in [-0.2, -0.15) is 0 Å². The lowest BCUT2D eigenvalue weighted by Crippen LogP contribution is -2.50. The molecule has 28 heavy (non-hydrogen) atoms. The molecule has 0 atom stereocenters. The number of amides is 2. The third kappa shape index (κ3) is 5.78. The van der Waals surface area contributed by atoms with E-state index in [-0.39, 0.29) is 17.6 Å². The topological polar surface area (TPSA) is 52.7 Å². The highest BCUT2D eigenvalue weighted by molar-refractivity contribution is 6.30. The molecule has 0 aliphatic carbocycles.